The summed E-state index contributed by atoms with van der Waals surface area (Å²) in [5.41, 5.74) is -4.33. The number of ketones is 2. The number of aromatic hydroxyl groups is 2. The van der Waals surface area contributed by atoms with Crippen LogP contribution in [-0.4, -0.2) is 179 Å². The Labute approximate surface area is 502 Å². The molecular weight excluding hydrogens is 1220 g/mol. The Balaban J connectivity index is 0.712. The van der Waals surface area contributed by atoms with Gasteiger partial charge in [-0.1, -0.05) is 54.5 Å². The van der Waals surface area contributed by atoms with Crippen LogP contribution in [0.5, 0.6) is 17.2 Å². The minimum absolute atomic E-state index is 0.0697. The van der Waals surface area contributed by atoms with Crippen molar-refractivity contribution in [3.63, 3.8) is 0 Å². The van der Waals surface area contributed by atoms with Gasteiger partial charge in [0.2, 0.25) is 29.4 Å². The smallest absolute Gasteiger partial charge is 0.252 e. The van der Waals surface area contributed by atoms with Gasteiger partial charge < -0.3 is 75.6 Å². The summed E-state index contributed by atoms with van der Waals surface area (Å²) in [6.45, 7) is 5.28. The Morgan fingerprint density at radius 1 is 0.918 bits per heavy atom. The van der Waals surface area contributed by atoms with Crippen molar-refractivity contribution in [2.24, 2.45) is 0 Å². The van der Waals surface area contributed by atoms with E-state index in [1.807, 2.05) is 13.8 Å². The number of halogens is 1. The number of amides is 6. The fourth-order valence-corrected chi connectivity index (χ4v) is 13.9. The monoisotopic (exact) mass is 1290 g/mol. The lowest BCUT2D eigenvalue weighted by Crippen LogP contribution is -2.85. The molecule has 9 atom stereocenters. The molecule has 8 aliphatic rings. The average Bonchev–Trinajstić information content (AvgIpc) is 1.19. The van der Waals surface area contributed by atoms with Crippen LogP contribution in [0.2, 0.25) is 0 Å². The maximum Gasteiger partial charge on any atom is 0.252 e. The SMILES string of the molecule is CCCC[C@](C)(I)c1ncc(C(=O)NCCC(=O)NCC(=O)NCC(=O)NCC(=O)NC23CC(NC(=O)C4(O)Cc5c(O)c6c(c(O)c5[C@@H](O[C@H]5C[C@H]7[C@H](O[C@@H]8[C@@H](OC)OCCN87)[C@H](C)O5)C4)C(=O)c4c(OC)cccc4C6=O)(C2)C3)cc1C#N. The minimum atomic E-state index is -2.34. The largest absolute Gasteiger partial charge is 0.507 e. The highest BCUT2D eigenvalue weighted by atomic mass is 127. The van der Waals surface area contributed by atoms with E-state index in [0.29, 0.717) is 18.8 Å². The third-order valence-corrected chi connectivity index (χ3v) is 18.2. The molecule has 11 rings (SSSR count). The van der Waals surface area contributed by atoms with Gasteiger partial charge in [-0.15, -0.1) is 0 Å². The maximum absolute atomic E-state index is 14.5. The molecule has 2 aromatic carbocycles. The second kappa shape index (κ2) is 24.1. The molecule has 3 saturated carbocycles. The molecule has 2 bridgehead atoms. The number of nitriles is 1. The molecule has 27 heteroatoms. The molecule has 6 fully saturated rings. The van der Waals surface area contributed by atoms with Gasteiger partial charge in [-0.2, -0.15) is 5.26 Å². The van der Waals surface area contributed by atoms with E-state index >= 15 is 0 Å². The van der Waals surface area contributed by atoms with E-state index in [0.717, 1.165) is 19.3 Å². The van der Waals surface area contributed by atoms with Crippen molar-refractivity contribution in [3.8, 4) is 23.3 Å². The van der Waals surface area contributed by atoms with Gasteiger partial charge in [0.05, 0.1) is 82.5 Å². The van der Waals surface area contributed by atoms with Gasteiger partial charge >= 0.3 is 0 Å². The number of rotatable bonds is 21. The van der Waals surface area contributed by atoms with Crippen LogP contribution < -0.4 is 36.6 Å². The number of morpholine rings is 1. The number of ether oxygens (including phenoxy) is 6. The summed E-state index contributed by atoms with van der Waals surface area (Å²) in [4.78, 5) is 113. The zero-order chi connectivity index (χ0) is 60.9. The van der Waals surface area contributed by atoms with Crippen LogP contribution in [0.25, 0.3) is 0 Å². The van der Waals surface area contributed by atoms with E-state index < -0.39 is 156 Å². The van der Waals surface area contributed by atoms with Crippen molar-refractivity contribution in [1.29, 1.82) is 5.26 Å². The fraction of sp³-hybridized carbons (Fsp3) is 0.552. The first-order valence-electron chi connectivity index (χ1n) is 28.2. The quantitative estimate of drug-likeness (QED) is 0.0323. The van der Waals surface area contributed by atoms with Crippen LogP contribution in [0.4, 0.5) is 0 Å². The van der Waals surface area contributed by atoms with E-state index in [-0.39, 0.29) is 87.2 Å². The molecule has 0 spiro atoms. The number of phenolic OH excluding ortho intramolecular Hbond substituents is 2. The Bertz CT molecular complexity index is 3280. The number of methoxy groups -OCH3 is 2. The van der Waals surface area contributed by atoms with E-state index in [4.69, 9.17) is 28.4 Å². The Morgan fingerprint density at radius 3 is 2.28 bits per heavy atom. The number of unbranched alkanes of at least 4 members (excludes halogenated alkanes) is 1. The van der Waals surface area contributed by atoms with Gasteiger partial charge in [-0.05, 0) is 51.7 Å². The first kappa shape index (κ1) is 61.2. The molecule has 1 aromatic heterocycles. The zero-order valence-electron chi connectivity index (χ0n) is 47.5. The number of hydrogen-bond donors (Lipinski definition) is 9. The van der Waals surface area contributed by atoms with Gasteiger partial charge in [0.25, 0.3) is 11.8 Å². The van der Waals surface area contributed by atoms with Crippen LogP contribution >= 0.6 is 22.6 Å². The number of benzene rings is 2. The highest BCUT2D eigenvalue weighted by molar-refractivity contribution is 14.1. The van der Waals surface area contributed by atoms with Crippen LogP contribution in [0.3, 0.4) is 0 Å². The average molecular weight is 1290 g/mol. The highest BCUT2D eigenvalue weighted by Gasteiger charge is 2.70. The number of nitrogens with zero attached hydrogens (tertiary/aromatic N) is 3. The first-order chi connectivity index (χ1) is 40.5. The molecular formula is C58H68IN9O17. The number of phenols is 2. The number of fused-ring (bicyclic) bond motifs is 6. The third-order valence-electron chi connectivity index (χ3n) is 17.2. The van der Waals surface area contributed by atoms with Crippen LogP contribution in [0.15, 0.2) is 30.5 Å². The summed E-state index contributed by atoms with van der Waals surface area (Å²) in [7, 11) is 2.85. The van der Waals surface area contributed by atoms with E-state index in [2.05, 4.69) is 77.4 Å². The van der Waals surface area contributed by atoms with Gasteiger partial charge in [0.1, 0.15) is 35.0 Å². The van der Waals surface area contributed by atoms with Gasteiger partial charge in [0.15, 0.2) is 24.6 Å². The van der Waals surface area contributed by atoms with E-state index in [9.17, 15) is 58.9 Å². The molecule has 85 heavy (non-hydrogen) atoms. The molecule has 3 saturated heterocycles. The summed E-state index contributed by atoms with van der Waals surface area (Å²) in [5.74, 6) is -6.75. The lowest BCUT2D eigenvalue weighted by atomic mass is 9.44. The van der Waals surface area contributed by atoms with Crippen molar-refractivity contribution in [3.05, 3.63) is 80.7 Å². The Kier molecular flexibility index (Phi) is 17.3. The topological polar surface area (TPSA) is 365 Å². The van der Waals surface area contributed by atoms with Crippen LogP contribution in [0.1, 0.15) is 149 Å². The molecule has 26 nitrogen and oxygen atoms in total. The molecule has 3 aromatic rings. The van der Waals surface area contributed by atoms with E-state index in [1.54, 1.807) is 0 Å². The summed E-state index contributed by atoms with van der Waals surface area (Å²) in [6.07, 6.45) is -0.669. The van der Waals surface area contributed by atoms with Gasteiger partial charge in [-0.3, -0.25) is 48.2 Å². The zero-order valence-corrected chi connectivity index (χ0v) is 49.7. The van der Waals surface area contributed by atoms with Gasteiger partial charge in [0, 0.05) is 85.9 Å². The Morgan fingerprint density at radius 2 is 1.60 bits per heavy atom. The molecule has 5 aliphatic carbocycles. The first-order valence-corrected chi connectivity index (χ1v) is 29.3. The Hall–Kier alpha value is -6.91. The van der Waals surface area contributed by atoms with Crippen LogP contribution in [-0.2, 0) is 57.5 Å². The molecule has 4 heterocycles. The highest BCUT2D eigenvalue weighted by Crippen LogP contribution is 2.61. The van der Waals surface area contributed by atoms with Crippen molar-refractivity contribution < 1.29 is 82.1 Å². The molecule has 454 valence electrons. The predicted octanol–water partition coefficient (Wildman–Crippen LogP) is 1.33. The second-order valence-corrected chi connectivity index (χ2v) is 25.5. The summed E-state index contributed by atoms with van der Waals surface area (Å²) < 4.78 is 35.8. The standard InChI is InChI=1S/C58H68IN9O17/c1-6-7-12-55(3,59)50-29(20-60)16-30(21-65-50)51(77)61-13-11-36(69)62-22-37(70)63-23-38(71)64-24-39(72)66-56-25-57(26-56,27-56)67-54(78)58(79)18-32-42(48(76)44-43(46(32)74)45(73)31-9-8-10-34(80-4)41(31)47(44)75)35(19-58)84-40-17-33-49(28(2)83-40)85-52-53(81-5)82-15-14-68(33)52/h8-10,16,21,28,33,35,40,49,52-53,74,76,79H,6-7,11-15,17-19,22-27H2,1-5H3,(H,61,77)(H,62,69)(H,63,70)(H,64,71)(H,66,72)(H,67,78)/t28-,33-,35-,40-,49+,52+,53-,55-,56?,57?,58?/m0/s1. The van der Waals surface area contributed by atoms with Crippen molar-refractivity contribution in [2.45, 2.75) is 148 Å². The number of hydrogen-bond acceptors (Lipinski definition) is 20. The fourth-order valence-electron chi connectivity index (χ4n) is 13.1. The van der Waals surface area contributed by atoms with Gasteiger partial charge in [-0.25, -0.2) is 0 Å². The third kappa shape index (κ3) is 11.8. The summed E-state index contributed by atoms with van der Waals surface area (Å²) in [5, 5.41) is 62.2. The van der Waals surface area contributed by atoms with Crippen molar-refractivity contribution in [1.82, 2.24) is 41.8 Å². The number of carbonyl (C=O) groups is 8. The molecule has 9 N–H and O–H groups in total. The number of alkyl halides is 1. The number of aliphatic hydroxyl groups is 1. The maximum atomic E-state index is 14.5. The normalized spacial score (nSPS) is 28.4. The minimum Gasteiger partial charge on any atom is -0.507 e. The van der Waals surface area contributed by atoms with Crippen molar-refractivity contribution >= 4 is 69.6 Å². The number of carbonyl (C=O) groups excluding carboxylic acids is 8. The molecule has 3 aliphatic heterocycles. The molecule has 0 radical (unpaired) electrons. The summed E-state index contributed by atoms with van der Waals surface area (Å²) in [6, 6.07) is 7.73. The summed E-state index contributed by atoms with van der Waals surface area (Å²) >= 11 is 2.27. The number of aromatic nitrogens is 1. The van der Waals surface area contributed by atoms with E-state index in [1.165, 1.54) is 44.7 Å². The van der Waals surface area contributed by atoms with Crippen molar-refractivity contribution in [2.75, 3.05) is 53.6 Å². The lowest BCUT2D eigenvalue weighted by molar-refractivity contribution is -0.256. The lowest BCUT2D eigenvalue weighted by Gasteiger charge is -2.70. The number of nitrogens with one attached hydrogen (secondary N) is 6. The number of pyridine rings is 1. The molecule has 1 unspecified atom stereocenters. The van der Waals surface area contributed by atoms with Crippen LogP contribution in [0, 0.1) is 11.3 Å². The second-order valence-electron chi connectivity index (χ2n) is 23.2. The molecule has 6 amide bonds. The predicted molar refractivity (Wildman–Crippen MR) is 303 cm³/mol.